The molecule has 1 saturated carbocycles. The Hall–Kier alpha value is -3.14. The van der Waals surface area contributed by atoms with Gasteiger partial charge in [-0.05, 0) is 63.9 Å². The number of carbonyl (C=O) groups is 2. The molecule has 5 rings (SSSR count). The molecule has 1 aliphatic carbocycles. The van der Waals surface area contributed by atoms with Gasteiger partial charge < -0.3 is 19.4 Å². The Labute approximate surface area is 224 Å². The number of hydrogen-bond donors (Lipinski definition) is 1. The predicted octanol–water partition coefficient (Wildman–Crippen LogP) is 5.33. The number of nitrogens with one attached hydrogen (secondary N) is 1. The Morgan fingerprint density at radius 3 is 2.68 bits per heavy atom. The summed E-state index contributed by atoms with van der Waals surface area (Å²) in [6.45, 7) is 9.15. The standard InChI is InChI=1S/C28H39N5O5/c1-19(10-8-9-15-29-25(34)38-27(2,3)4)23-30-31-24(37-23)21-16-28(13-14-28)22-17-32(21)26(35)33(22)36-18-20-11-6-5-7-12-20/h5-7,11-12,19,21-22H,8-10,13-18H2,1-4H3,(H,29,34)/t19-,21-,22-/m0/s1. The number of alkyl carbamates (subject to hydrolysis) is 1. The number of nitrogens with zero attached hydrogens (tertiary/aromatic N) is 4. The number of ether oxygens (including phenoxy) is 1. The average molecular weight is 526 g/mol. The first-order valence-electron chi connectivity index (χ1n) is 13.7. The smallest absolute Gasteiger partial charge is 0.407 e. The van der Waals surface area contributed by atoms with E-state index in [9.17, 15) is 9.59 Å². The van der Waals surface area contributed by atoms with Gasteiger partial charge in [0.25, 0.3) is 0 Å². The molecule has 38 heavy (non-hydrogen) atoms. The lowest BCUT2D eigenvalue weighted by Gasteiger charge is -2.35. The fourth-order valence-electron chi connectivity index (χ4n) is 5.50. The van der Waals surface area contributed by atoms with E-state index in [-0.39, 0.29) is 29.4 Å². The number of hydroxylamine groups is 2. The van der Waals surface area contributed by atoms with Gasteiger partial charge in [-0.25, -0.2) is 9.59 Å². The van der Waals surface area contributed by atoms with Crippen LogP contribution in [0.3, 0.4) is 0 Å². The van der Waals surface area contributed by atoms with Crippen molar-refractivity contribution in [3.8, 4) is 0 Å². The van der Waals surface area contributed by atoms with Gasteiger partial charge in [-0.1, -0.05) is 43.7 Å². The third kappa shape index (κ3) is 5.80. The largest absolute Gasteiger partial charge is 0.444 e. The van der Waals surface area contributed by atoms with Gasteiger partial charge in [0, 0.05) is 19.0 Å². The van der Waals surface area contributed by atoms with E-state index < -0.39 is 11.7 Å². The van der Waals surface area contributed by atoms with Crippen LogP contribution in [0.15, 0.2) is 34.7 Å². The van der Waals surface area contributed by atoms with Gasteiger partial charge in [-0.3, -0.25) is 4.84 Å². The molecule has 0 unspecified atom stereocenters. The highest BCUT2D eigenvalue weighted by atomic mass is 16.7. The van der Waals surface area contributed by atoms with Crippen LogP contribution in [-0.2, 0) is 16.2 Å². The van der Waals surface area contributed by atoms with Gasteiger partial charge in [-0.15, -0.1) is 10.2 Å². The number of benzene rings is 1. The summed E-state index contributed by atoms with van der Waals surface area (Å²) in [5, 5.41) is 13.1. The lowest BCUT2D eigenvalue weighted by molar-refractivity contribution is -0.153. The van der Waals surface area contributed by atoms with E-state index in [1.165, 1.54) is 0 Å². The van der Waals surface area contributed by atoms with Crippen molar-refractivity contribution in [1.82, 2.24) is 25.5 Å². The zero-order valence-electron chi connectivity index (χ0n) is 22.8. The minimum atomic E-state index is -0.500. The highest BCUT2D eigenvalue weighted by molar-refractivity contribution is 5.77. The van der Waals surface area contributed by atoms with Crippen LogP contribution in [0, 0.1) is 5.41 Å². The molecule has 2 aromatic rings. The summed E-state index contributed by atoms with van der Waals surface area (Å²) in [6.07, 6.45) is 5.18. The normalized spacial score (nSPS) is 22.6. The first-order chi connectivity index (χ1) is 18.2. The fourth-order valence-corrected chi connectivity index (χ4v) is 5.50. The van der Waals surface area contributed by atoms with Crippen molar-refractivity contribution in [3.63, 3.8) is 0 Å². The van der Waals surface area contributed by atoms with Gasteiger partial charge in [0.2, 0.25) is 11.8 Å². The van der Waals surface area contributed by atoms with E-state index in [1.807, 2.05) is 56.0 Å². The Bertz CT molecular complexity index is 1130. The van der Waals surface area contributed by atoms with Crippen LogP contribution < -0.4 is 5.32 Å². The van der Waals surface area contributed by atoms with Gasteiger partial charge in [0.05, 0.1) is 6.04 Å². The molecule has 1 aromatic carbocycles. The zero-order valence-corrected chi connectivity index (χ0v) is 22.8. The highest BCUT2D eigenvalue weighted by Gasteiger charge is 2.64. The number of carbonyl (C=O) groups excluding carboxylic acids is 2. The van der Waals surface area contributed by atoms with Crippen LogP contribution in [0.4, 0.5) is 9.59 Å². The number of hydrogen-bond acceptors (Lipinski definition) is 7. The third-order valence-corrected chi connectivity index (χ3v) is 7.77. The molecule has 10 heteroatoms. The van der Waals surface area contributed by atoms with Crippen molar-refractivity contribution in [2.75, 3.05) is 13.1 Å². The molecule has 3 fully saturated rings. The number of fused-ring (bicyclic) bond motifs is 3. The molecule has 206 valence electrons. The van der Waals surface area contributed by atoms with Gasteiger partial charge in [0.1, 0.15) is 18.2 Å². The molecule has 3 heterocycles. The van der Waals surface area contributed by atoms with Crippen molar-refractivity contribution in [2.45, 2.75) is 96.4 Å². The molecule has 3 amide bonds. The highest BCUT2D eigenvalue weighted by Crippen LogP contribution is 2.61. The third-order valence-electron chi connectivity index (χ3n) is 7.77. The maximum Gasteiger partial charge on any atom is 0.407 e. The van der Waals surface area contributed by atoms with Crippen molar-refractivity contribution in [1.29, 1.82) is 0 Å². The van der Waals surface area contributed by atoms with Crippen LogP contribution in [0.1, 0.15) is 95.5 Å². The molecule has 3 aliphatic rings. The molecular weight excluding hydrogens is 486 g/mol. The summed E-state index contributed by atoms with van der Waals surface area (Å²) in [7, 11) is 0. The minimum absolute atomic E-state index is 0.0607. The topological polar surface area (TPSA) is 110 Å². The lowest BCUT2D eigenvalue weighted by atomic mass is 9.85. The van der Waals surface area contributed by atoms with Crippen molar-refractivity contribution in [2.24, 2.45) is 5.41 Å². The Balaban J connectivity index is 1.14. The average Bonchev–Trinajstić information content (AvgIpc) is 3.34. The van der Waals surface area contributed by atoms with E-state index in [1.54, 1.807) is 5.06 Å². The van der Waals surface area contributed by atoms with Crippen molar-refractivity contribution >= 4 is 12.1 Å². The summed E-state index contributed by atoms with van der Waals surface area (Å²) < 4.78 is 11.4. The Morgan fingerprint density at radius 1 is 1.21 bits per heavy atom. The molecule has 10 nitrogen and oxygen atoms in total. The van der Waals surface area contributed by atoms with E-state index in [4.69, 9.17) is 14.0 Å². The fraction of sp³-hybridized carbons (Fsp3) is 0.643. The summed E-state index contributed by atoms with van der Waals surface area (Å²) in [5.41, 5.74) is 0.597. The molecule has 2 saturated heterocycles. The van der Waals surface area contributed by atoms with Crippen molar-refractivity contribution in [3.05, 3.63) is 47.7 Å². The first kappa shape index (κ1) is 26.5. The van der Waals surface area contributed by atoms with E-state index in [0.717, 1.165) is 44.1 Å². The SMILES string of the molecule is C[C@@H](CCCCNC(=O)OC(C)(C)C)c1nnc([C@@H]2CC3(CC3)[C@@H]3CN2C(=O)N3OCc2ccccc2)o1. The van der Waals surface area contributed by atoms with Crippen LogP contribution >= 0.6 is 0 Å². The second-order valence-electron chi connectivity index (χ2n) is 11.9. The number of amides is 3. The monoisotopic (exact) mass is 525 g/mol. The van der Waals surface area contributed by atoms with Gasteiger partial charge in [0.15, 0.2) is 0 Å². The number of urea groups is 1. The van der Waals surface area contributed by atoms with Crippen LogP contribution in [0.25, 0.3) is 0 Å². The summed E-state index contributed by atoms with van der Waals surface area (Å²) in [4.78, 5) is 33.0. The zero-order chi connectivity index (χ0) is 26.9. The molecule has 3 atom stereocenters. The van der Waals surface area contributed by atoms with Crippen LogP contribution in [-0.4, -0.2) is 57.0 Å². The van der Waals surface area contributed by atoms with E-state index >= 15 is 0 Å². The Morgan fingerprint density at radius 2 is 1.97 bits per heavy atom. The quantitative estimate of drug-likeness (QED) is 0.417. The molecule has 1 spiro atoms. The second-order valence-corrected chi connectivity index (χ2v) is 11.9. The molecular formula is C28H39N5O5. The van der Waals surface area contributed by atoms with E-state index in [2.05, 4.69) is 22.4 Å². The number of rotatable bonds is 10. The maximum absolute atomic E-state index is 13.4. The minimum Gasteiger partial charge on any atom is -0.444 e. The van der Waals surface area contributed by atoms with E-state index in [0.29, 0.717) is 31.5 Å². The van der Waals surface area contributed by atoms with Crippen molar-refractivity contribution < 1.29 is 23.6 Å². The second kappa shape index (κ2) is 10.6. The molecule has 2 aliphatic heterocycles. The van der Waals surface area contributed by atoms with Gasteiger partial charge >= 0.3 is 12.1 Å². The predicted molar refractivity (Wildman–Crippen MR) is 139 cm³/mol. The summed E-state index contributed by atoms with van der Waals surface area (Å²) >= 11 is 0. The maximum atomic E-state index is 13.4. The first-order valence-corrected chi connectivity index (χ1v) is 13.7. The molecule has 2 bridgehead atoms. The summed E-state index contributed by atoms with van der Waals surface area (Å²) in [5.74, 6) is 1.20. The van der Waals surface area contributed by atoms with Gasteiger partial charge in [-0.2, -0.15) is 5.06 Å². The molecule has 1 N–H and O–H groups in total. The van der Waals surface area contributed by atoms with Crippen LogP contribution in [0.5, 0.6) is 0 Å². The number of piperidine rings is 1. The molecule has 0 radical (unpaired) electrons. The lowest BCUT2D eigenvalue weighted by Crippen LogP contribution is -2.42. The number of aromatic nitrogens is 2. The molecule has 1 aromatic heterocycles. The summed E-state index contributed by atoms with van der Waals surface area (Å²) in [6, 6.07) is 9.63. The number of unbranched alkanes of at least 4 members (excludes halogenated alkanes) is 1. The Kier molecular flexibility index (Phi) is 7.35. The van der Waals surface area contributed by atoms with Crippen LogP contribution in [0.2, 0.25) is 0 Å².